The topological polar surface area (TPSA) is 82.6 Å². The van der Waals surface area contributed by atoms with Crippen molar-refractivity contribution in [2.24, 2.45) is 0 Å². The zero-order chi connectivity index (χ0) is 23.1. The molecule has 1 N–H and O–H groups in total. The molecule has 1 aromatic heterocycles. The summed E-state index contributed by atoms with van der Waals surface area (Å²) in [7, 11) is 0. The molecule has 2 saturated heterocycles. The molecule has 0 spiro atoms. The van der Waals surface area contributed by atoms with Crippen molar-refractivity contribution in [1.82, 2.24) is 20.1 Å². The smallest absolute Gasteiger partial charge is 0.255 e. The first-order valence-electron chi connectivity index (χ1n) is 11.2. The maximum Gasteiger partial charge on any atom is 0.255 e. The molecule has 4 heterocycles. The van der Waals surface area contributed by atoms with E-state index >= 15 is 8.78 Å². The van der Waals surface area contributed by atoms with E-state index in [1.807, 2.05) is 12.1 Å². The van der Waals surface area contributed by atoms with Crippen molar-refractivity contribution < 1.29 is 23.2 Å². The second-order valence-electron chi connectivity index (χ2n) is 8.92. The number of benzene rings is 1. The first-order chi connectivity index (χ1) is 15.9. The van der Waals surface area contributed by atoms with E-state index in [9.17, 15) is 14.4 Å². The average Bonchev–Trinajstić information content (AvgIpc) is 3.12. The highest BCUT2D eigenvalue weighted by Gasteiger charge is 2.42. The second kappa shape index (κ2) is 8.62. The van der Waals surface area contributed by atoms with Crippen LogP contribution >= 0.6 is 0 Å². The minimum absolute atomic E-state index is 0.0337. The van der Waals surface area contributed by atoms with Gasteiger partial charge in [-0.2, -0.15) is 0 Å². The third kappa shape index (κ3) is 4.01. The Bertz CT molecular complexity index is 1120. The van der Waals surface area contributed by atoms with Crippen LogP contribution in [0.4, 0.5) is 8.78 Å². The van der Waals surface area contributed by atoms with Gasteiger partial charge < -0.3 is 4.90 Å². The first-order valence-corrected chi connectivity index (χ1v) is 11.2. The quantitative estimate of drug-likeness (QED) is 0.718. The number of carbonyl (C=O) groups excluding carboxylic acids is 3. The fourth-order valence-electron chi connectivity index (χ4n) is 5.15. The molecule has 1 atom stereocenters. The number of likely N-dealkylation sites (tertiary alicyclic amines) is 1. The molecule has 5 rings (SSSR count). The number of nitrogens with one attached hydrogen (secondary N) is 1. The lowest BCUT2D eigenvalue weighted by molar-refractivity contribution is -0.136. The molecule has 7 nitrogen and oxygen atoms in total. The third-order valence-corrected chi connectivity index (χ3v) is 6.91. The summed E-state index contributed by atoms with van der Waals surface area (Å²) in [5.74, 6) is -3.21. The van der Waals surface area contributed by atoms with Crippen LogP contribution < -0.4 is 5.32 Å². The van der Waals surface area contributed by atoms with Crippen molar-refractivity contribution in [3.05, 3.63) is 64.5 Å². The standard InChI is InChI=1S/C24H24F2N4O3/c25-18-11-16-17(13-30(24(16)33)19-1-2-20(31)28-23(19)32)22(26)21(18)15-5-9-29(10-6-15)12-14-3-7-27-8-4-14/h3-4,7-8,11,15,19H,1-2,5-6,9-10,12-13H2,(H,28,31,32). The number of rotatable bonds is 4. The van der Waals surface area contributed by atoms with Crippen LogP contribution in [0.1, 0.15) is 58.6 Å². The predicted molar refractivity (Wildman–Crippen MR) is 114 cm³/mol. The third-order valence-electron chi connectivity index (χ3n) is 6.91. The van der Waals surface area contributed by atoms with Crippen LogP contribution in [0.15, 0.2) is 30.6 Å². The Labute approximate surface area is 189 Å². The minimum atomic E-state index is -0.857. The van der Waals surface area contributed by atoms with Gasteiger partial charge in [0.15, 0.2) is 0 Å². The van der Waals surface area contributed by atoms with Crippen LogP contribution in [-0.4, -0.2) is 51.6 Å². The molecule has 1 unspecified atom stereocenters. The van der Waals surface area contributed by atoms with Gasteiger partial charge in [-0.3, -0.25) is 29.6 Å². The molecule has 2 fully saturated rings. The van der Waals surface area contributed by atoms with Crippen LogP contribution in [-0.2, 0) is 22.7 Å². The van der Waals surface area contributed by atoms with Gasteiger partial charge in [0.1, 0.15) is 17.7 Å². The number of imide groups is 1. The number of aromatic nitrogens is 1. The molecule has 3 aliphatic rings. The molecule has 0 radical (unpaired) electrons. The van der Waals surface area contributed by atoms with Gasteiger partial charge >= 0.3 is 0 Å². The summed E-state index contributed by atoms with van der Waals surface area (Å²) in [6.07, 6.45) is 5.01. The molecular formula is C24H24F2N4O3. The normalized spacial score (nSPS) is 21.9. The summed E-state index contributed by atoms with van der Waals surface area (Å²) < 4.78 is 30.6. The lowest BCUT2D eigenvalue weighted by Crippen LogP contribution is -2.52. The van der Waals surface area contributed by atoms with Crippen LogP contribution in [0.5, 0.6) is 0 Å². The van der Waals surface area contributed by atoms with Crippen LogP contribution in [0.2, 0.25) is 0 Å². The van der Waals surface area contributed by atoms with Gasteiger partial charge in [0, 0.05) is 36.5 Å². The van der Waals surface area contributed by atoms with Crippen molar-refractivity contribution in [3.63, 3.8) is 0 Å². The maximum atomic E-state index is 15.5. The predicted octanol–water partition coefficient (Wildman–Crippen LogP) is 2.50. The Kier molecular flexibility index (Phi) is 5.65. The van der Waals surface area contributed by atoms with Gasteiger partial charge in [-0.1, -0.05) is 0 Å². The van der Waals surface area contributed by atoms with E-state index in [-0.39, 0.29) is 42.0 Å². The highest BCUT2D eigenvalue weighted by molar-refractivity contribution is 6.05. The highest BCUT2D eigenvalue weighted by Crippen LogP contribution is 2.38. The van der Waals surface area contributed by atoms with Gasteiger partial charge in [0.25, 0.3) is 5.91 Å². The second-order valence-corrected chi connectivity index (χ2v) is 8.92. The first kappa shape index (κ1) is 21.6. The van der Waals surface area contributed by atoms with Crippen molar-refractivity contribution in [2.45, 2.75) is 50.7 Å². The fraction of sp³-hybridized carbons (Fsp3) is 0.417. The number of piperidine rings is 2. The van der Waals surface area contributed by atoms with Crippen molar-refractivity contribution in [3.8, 4) is 0 Å². The number of hydrogen-bond donors (Lipinski definition) is 1. The Morgan fingerprint density at radius 3 is 2.48 bits per heavy atom. The maximum absolute atomic E-state index is 15.5. The minimum Gasteiger partial charge on any atom is -0.322 e. The van der Waals surface area contributed by atoms with Crippen LogP contribution in [0, 0.1) is 11.6 Å². The average molecular weight is 454 g/mol. The van der Waals surface area contributed by atoms with Gasteiger partial charge in [0.05, 0.1) is 12.1 Å². The monoisotopic (exact) mass is 454 g/mol. The summed E-state index contributed by atoms with van der Waals surface area (Å²) in [5.41, 5.74) is 1.29. The molecule has 2 aromatic rings. The summed E-state index contributed by atoms with van der Waals surface area (Å²) in [6, 6.07) is 4.17. The number of hydrogen-bond acceptors (Lipinski definition) is 5. The number of amides is 3. The number of nitrogens with zero attached hydrogens (tertiary/aromatic N) is 3. The van der Waals surface area contributed by atoms with E-state index < -0.39 is 35.4 Å². The largest absolute Gasteiger partial charge is 0.322 e. The highest BCUT2D eigenvalue weighted by atomic mass is 19.1. The molecule has 1 aromatic carbocycles. The Morgan fingerprint density at radius 2 is 1.79 bits per heavy atom. The van der Waals surface area contributed by atoms with Crippen molar-refractivity contribution in [1.29, 1.82) is 0 Å². The van der Waals surface area contributed by atoms with E-state index in [4.69, 9.17) is 0 Å². The van der Waals surface area contributed by atoms with E-state index in [1.165, 1.54) is 4.90 Å². The zero-order valence-corrected chi connectivity index (χ0v) is 18.0. The van der Waals surface area contributed by atoms with Gasteiger partial charge in [-0.25, -0.2) is 8.78 Å². The van der Waals surface area contributed by atoms with Crippen molar-refractivity contribution in [2.75, 3.05) is 13.1 Å². The van der Waals surface area contributed by atoms with Gasteiger partial charge in [0.2, 0.25) is 11.8 Å². The molecule has 0 saturated carbocycles. The molecule has 33 heavy (non-hydrogen) atoms. The number of halogens is 2. The lowest BCUT2D eigenvalue weighted by atomic mass is 9.86. The summed E-state index contributed by atoms with van der Waals surface area (Å²) >= 11 is 0. The molecule has 3 aliphatic heterocycles. The van der Waals surface area contributed by atoms with Gasteiger partial charge in [-0.05, 0) is 62.0 Å². The van der Waals surface area contributed by atoms with Crippen LogP contribution in [0.25, 0.3) is 0 Å². The molecule has 172 valence electrons. The van der Waals surface area contributed by atoms with E-state index in [1.54, 1.807) is 12.4 Å². The Hall–Kier alpha value is -3.20. The van der Waals surface area contributed by atoms with E-state index in [2.05, 4.69) is 15.2 Å². The summed E-state index contributed by atoms with van der Waals surface area (Å²) in [4.78, 5) is 44.0. The molecule has 0 bridgehead atoms. The summed E-state index contributed by atoms with van der Waals surface area (Å²) in [6.45, 7) is 2.09. The lowest BCUT2D eigenvalue weighted by Gasteiger charge is -2.32. The molecular weight excluding hydrogens is 430 g/mol. The van der Waals surface area contributed by atoms with E-state index in [0.717, 1.165) is 18.2 Å². The van der Waals surface area contributed by atoms with E-state index in [0.29, 0.717) is 25.9 Å². The fourth-order valence-corrected chi connectivity index (χ4v) is 5.15. The molecule has 9 heteroatoms. The molecule has 3 amide bonds. The molecule has 0 aliphatic carbocycles. The number of carbonyl (C=O) groups is 3. The number of pyridine rings is 1. The van der Waals surface area contributed by atoms with Crippen LogP contribution in [0.3, 0.4) is 0 Å². The summed E-state index contributed by atoms with van der Waals surface area (Å²) in [5, 5.41) is 2.22. The number of fused-ring (bicyclic) bond motifs is 1. The van der Waals surface area contributed by atoms with Crippen molar-refractivity contribution >= 4 is 17.7 Å². The van der Waals surface area contributed by atoms with Gasteiger partial charge in [-0.15, -0.1) is 0 Å². The SMILES string of the molecule is O=C1CCC(N2Cc3c(cc(F)c(C4CCN(Cc5ccncc5)CC4)c3F)C2=O)C(=O)N1. The zero-order valence-electron chi connectivity index (χ0n) is 18.0. The Morgan fingerprint density at radius 1 is 1.06 bits per heavy atom. The Balaban J connectivity index is 1.32.